The van der Waals surface area contributed by atoms with Crippen molar-refractivity contribution >= 4 is 17.1 Å². The summed E-state index contributed by atoms with van der Waals surface area (Å²) < 4.78 is 18.5. The Morgan fingerprint density at radius 3 is 2.06 bits per heavy atom. The molecule has 3 aromatic carbocycles. The van der Waals surface area contributed by atoms with Crippen LogP contribution in [0.4, 0.5) is 0 Å². The first-order valence-electron chi connectivity index (χ1n) is 11.2. The number of aryl methyl sites for hydroxylation is 1. The predicted molar refractivity (Wildman–Crippen MR) is 133 cm³/mol. The first kappa shape index (κ1) is 22.4. The summed E-state index contributed by atoms with van der Waals surface area (Å²) in [7, 11) is 0. The first-order valence-corrected chi connectivity index (χ1v) is 12.8. The van der Waals surface area contributed by atoms with Crippen molar-refractivity contribution in [3.63, 3.8) is 0 Å². The normalized spacial score (nSPS) is 16.1. The molecule has 1 aliphatic rings. The average molecular weight is 472 g/mol. The lowest BCUT2D eigenvalue weighted by Crippen LogP contribution is -2.19. The molecule has 0 spiro atoms. The standard InChI is InChI=1S/C28H25NO4S/c1-18-24(26(34(2)32)22-6-4-3-5-7-22)25(33-29-18)21-10-8-19(9-11-21)20-12-14-23(15-13-20)28(16-17-28)27(30)31/h3-15,26H,16-17H2,1-2H3,(H,30,31). The maximum atomic E-state index is 12.8. The maximum absolute atomic E-state index is 12.8. The number of hydrogen-bond acceptors (Lipinski definition) is 4. The van der Waals surface area contributed by atoms with E-state index in [1.807, 2.05) is 85.8 Å². The average Bonchev–Trinajstić information content (AvgIpc) is 3.59. The minimum Gasteiger partial charge on any atom is -0.616 e. The quantitative estimate of drug-likeness (QED) is 0.339. The summed E-state index contributed by atoms with van der Waals surface area (Å²) in [6.45, 7) is 1.88. The number of aromatic nitrogens is 1. The van der Waals surface area contributed by atoms with Crippen molar-refractivity contribution in [2.45, 2.75) is 30.4 Å². The van der Waals surface area contributed by atoms with Gasteiger partial charge in [-0.2, -0.15) is 0 Å². The number of carboxylic acid groups (broad SMARTS) is 1. The largest absolute Gasteiger partial charge is 0.616 e. The topological polar surface area (TPSA) is 86.4 Å². The van der Waals surface area contributed by atoms with E-state index in [9.17, 15) is 14.5 Å². The molecule has 172 valence electrons. The Bertz CT molecular complexity index is 1310. The maximum Gasteiger partial charge on any atom is 0.314 e. The second kappa shape index (κ2) is 8.78. The van der Waals surface area contributed by atoms with Crippen molar-refractivity contribution in [3.05, 3.63) is 101 Å². The van der Waals surface area contributed by atoms with Gasteiger partial charge in [0.05, 0.1) is 22.9 Å². The molecular formula is C28H25NO4S. The van der Waals surface area contributed by atoms with Gasteiger partial charge in [-0.25, -0.2) is 0 Å². The molecule has 1 N–H and O–H groups in total. The molecule has 6 heteroatoms. The number of rotatable bonds is 7. The highest BCUT2D eigenvalue weighted by molar-refractivity contribution is 7.91. The van der Waals surface area contributed by atoms with Crippen LogP contribution in [-0.2, 0) is 21.4 Å². The Balaban J connectivity index is 1.45. The van der Waals surface area contributed by atoms with Crippen LogP contribution in [0.5, 0.6) is 0 Å². The Labute approximate surface area is 201 Å². The molecule has 4 aromatic rings. The van der Waals surface area contributed by atoms with E-state index in [0.29, 0.717) is 18.6 Å². The fraction of sp³-hybridized carbons (Fsp3) is 0.214. The van der Waals surface area contributed by atoms with Crippen LogP contribution in [0.3, 0.4) is 0 Å². The van der Waals surface area contributed by atoms with Gasteiger partial charge < -0.3 is 14.2 Å². The van der Waals surface area contributed by atoms with E-state index in [1.54, 1.807) is 6.26 Å². The predicted octanol–water partition coefficient (Wildman–Crippen LogP) is 5.90. The fourth-order valence-electron chi connectivity index (χ4n) is 4.59. The number of nitrogens with zero attached hydrogens (tertiary/aromatic N) is 1. The summed E-state index contributed by atoms with van der Waals surface area (Å²) in [6.07, 6.45) is 3.10. The number of carbonyl (C=O) groups is 1. The van der Waals surface area contributed by atoms with E-state index >= 15 is 0 Å². The highest BCUT2D eigenvalue weighted by atomic mass is 32.2. The van der Waals surface area contributed by atoms with Gasteiger partial charge in [0, 0.05) is 11.1 Å². The molecule has 0 radical (unpaired) electrons. The third kappa shape index (κ3) is 3.93. The van der Waals surface area contributed by atoms with Crippen molar-refractivity contribution < 1.29 is 19.0 Å². The Kier molecular flexibility index (Phi) is 5.80. The van der Waals surface area contributed by atoms with Gasteiger partial charge in [-0.1, -0.05) is 84.0 Å². The van der Waals surface area contributed by atoms with Gasteiger partial charge in [0.1, 0.15) is 0 Å². The minimum absolute atomic E-state index is 0.335. The zero-order valence-corrected chi connectivity index (χ0v) is 19.8. The molecule has 2 atom stereocenters. The lowest BCUT2D eigenvalue weighted by atomic mass is 9.93. The van der Waals surface area contributed by atoms with Crippen molar-refractivity contribution in [1.29, 1.82) is 0 Å². The number of carboxylic acids is 1. The van der Waals surface area contributed by atoms with Gasteiger partial charge in [-0.15, -0.1) is 0 Å². The van der Waals surface area contributed by atoms with Crippen molar-refractivity contribution in [1.82, 2.24) is 5.16 Å². The van der Waals surface area contributed by atoms with Crippen LogP contribution in [0.25, 0.3) is 22.5 Å². The van der Waals surface area contributed by atoms with E-state index in [-0.39, 0.29) is 5.25 Å². The van der Waals surface area contributed by atoms with Crippen LogP contribution in [0, 0.1) is 6.92 Å². The van der Waals surface area contributed by atoms with Crippen molar-refractivity contribution in [3.8, 4) is 22.5 Å². The summed E-state index contributed by atoms with van der Waals surface area (Å²) in [5, 5.41) is 13.4. The van der Waals surface area contributed by atoms with Crippen LogP contribution < -0.4 is 0 Å². The molecule has 1 aromatic heterocycles. The van der Waals surface area contributed by atoms with Crippen LogP contribution in [0.15, 0.2) is 83.4 Å². The molecule has 0 bridgehead atoms. The summed E-state index contributed by atoms with van der Waals surface area (Å²) in [6, 6.07) is 25.6. The van der Waals surface area contributed by atoms with Crippen molar-refractivity contribution in [2.24, 2.45) is 0 Å². The summed E-state index contributed by atoms with van der Waals surface area (Å²) in [5.41, 5.74) is 5.60. The summed E-state index contributed by atoms with van der Waals surface area (Å²) in [4.78, 5) is 11.6. The smallest absolute Gasteiger partial charge is 0.314 e. The summed E-state index contributed by atoms with van der Waals surface area (Å²) in [5.74, 6) is -0.120. The molecule has 0 amide bonds. The second-order valence-electron chi connectivity index (χ2n) is 8.84. The molecule has 34 heavy (non-hydrogen) atoms. The Morgan fingerprint density at radius 1 is 0.971 bits per heavy atom. The van der Waals surface area contributed by atoms with Gasteiger partial charge in [-0.05, 0) is 47.6 Å². The molecule has 0 aliphatic heterocycles. The Morgan fingerprint density at radius 2 is 1.53 bits per heavy atom. The van der Waals surface area contributed by atoms with Crippen LogP contribution in [0.1, 0.15) is 40.5 Å². The fourth-order valence-corrected chi connectivity index (χ4v) is 5.74. The monoisotopic (exact) mass is 471 g/mol. The zero-order chi connectivity index (χ0) is 23.9. The van der Waals surface area contributed by atoms with E-state index in [2.05, 4.69) is 5.16 Å². The first-order chi connectivity index (χ1) is 16.4. The lowest BCUT2D eigenvalue weighted by molar-refractivity contribution is -0.140. The van der Waals surface area contributed by atoms with Gasteiger partial charge >= 0.3 is 5.97 Å². The number of hydrogen-bond donors (Lipinski definition) is 1. The third-order valence-electron chi connectivity index (χ3n) is 6.68. The minimum atomic E-state index is -1.16. The van der Waals surface area contributed by atoms with E-state index < -0.39 is 22.6 Å². The van der Waals surface area contributed by atoms with Crippen molar-refractivity contribution in [2.75, 3.05) is 6.26 Å². The van der Waals surface area contributed by atoms with Crippen LogP contribution >= 0.6 is 0 Å². The van der Waals surface area contributed by atoms with Crippen LogP contribution in [0.2, 0.25) is 0 Å². The highest BCUT2D eigenvalue weighted by Gasteiger charge is 2.51. The molecule has 5 rings (SSSR count). The van der Waals surface area contributed by atoms with Gasteiger partial charge in [-0.3, -0.25) is 4.79 Å². The zero-order valence-electron chi connectivity index (χ0n) is 19.0. The number of benzene rings is 3. The van der Waals surface area contributed by atoms with Crippen LogP contribution in [-0.4, -0.2) is 27.0 Å². The molecule has 5 nitrogen and oxygen atoms in total. The molecule has 2 unspecified atom stereocenters. The second-order valence-corrected chi connectivity index (χ2v) is 10.3. The Hall–Kier alpha value is -3.35. The molecule has 1 heterocycles. The van der Waals surface area contributed by atoms with Gasteiger partial charge in [0.15, 0.2) is 11.0 Å². The molecule has 1 saturated carbocycles. The van der Waals surface area contributed by atoms with Gasteiger partial charge in [0.2, 0.25) is 0 Å². The molecular weight excluding hydrogens is 446 g/mol. The SMILES string of the molecule is Cc1noc(-c2ccc(-c3ccc(C4(C(=O)O)CC4)cc3)cc2)c1C(c1ccccc1)[S+](C)[O-]. The highest BCUT2D eigenvalue weighted by Crippen LogP contribution is 2.48. The summed E-state index contributed by atoms with van der Waals surface area (Å²) >= 11 is -1.16. The lowest BCUT2D eigenvalue weighted by Gasteiger charge is -2.19. The van der Waals surface area contributed by atoms with E-state index in [4.69, 9.17) is 4.52 Å². The van der Waals surface area contributed by atoms with E-state index in [0.717, 1.165) is 39.1 Å². The molecule has 1 fully saturated rings. The third-order valence-corrected chi connectivity index (χ3v) is 7.85. The van der Waals surface area contributed by atoms with Gasteiger partial charge in [0.25, 0.3) is 0 Å². The number of aliphatic carboxylic acids is 1. The molecule has 0 saturated heterocycles. The van der Waals surface area contributed by atoms with E-state index in [1.165, 1.54) is 0 Å². The molecule has 1 aliphatic carbocycles.